The van der Waals surface area contributed by atoms with E-state index in [9.17, 15) is 13.6 Å². The van der Waals surface area contributed by atoms with Crippen molar-refractivity contribution >= 4 is 5.91 Å². The molecule has 4 rings (SSSR count). The normalized spacial score (nSPS) is 16.4. The van der Waals surface area contributed by atoms with Crippen LogP contribution in [-0.4, -0.2) is 27.3 Å². The molecule has 26 heavy (non-hydrogen) atoms. The minimum Gasteiger partial charge on any atom is -0.347 e. The van der Waals surface area contributed by atoms with Crippen molar-refractivity contribution in [3.8, 4) is 0 Å². The van der Waals surface area contributed by atoms with E-state index in [0.29, 0.717) is 13.1 Å². The summed E-state index contributed by atoms with van der Waals surface area (Å²) in [6.07, 6.45) is 1.45. The van der Waals surface area contributed by atoms with Crippen molar-refractivity contribution in [1.82, 2.24) is 14.9 Å². The van der Waals surface area contributed by atoms with E-state index in [1.165, 1.54) is 0 Å². The molecule has 0 saturated heterocycles. The zero-order chi connectivity index (χ0) is 18.1. The molecule has 1 amide bonds. The van der Waals surface area contributed by atoms with E-state index in [1.54, 1.807) is 11.2 Å². The molecule has 1 aliphatic heterocycles. The SMILES string of the molecule is O=C(Cc1cc(F)ccc1F)N1Cc2[nH]cnc2C(c2ccccc2)C1. The smallest absolute Gasteiger partial charge is 0.227 e. The van der Waals surface area contributed by atoms with Gasteiger partial charge in [-0.1, -0.05) is 30.3 Å². The molecule has 0 aliphatic carbocycles. The quantitative estimate of drug-likeness (QED) is 0.785. The van der Waals surface area contributed by atoms with E-state index in [2.05, 4.69) is 9.97 Å². The summed E-state index contributed by atoms with van der Waals surface area (Å²) in [7, 11) is 0. The Labute approximate surface area is 149 Å². The monoisotopic (exact) mass is 353 g/mol. The number of halogens is 2. The van der Waals surface area contributed by atoms with E-state index < -0.39 is 11.6 Å². The molecule has 0 spiro atoms. The highest BCUT2D eigenvalue weighted by molar-refractivity contribution is 5.79. The molecule has 3 aromatic rings. The lowest BCUT2D eigenvalue weighted by Crippen LogP contribution is -2.39. The third-order valence-electron chi connectivity index (χ3n) is 4.74. The number of imidazole rings is 1. The fraction of sp³-hybridized carbons (Fsp3) is 0.200. The summed E-state index contributed by atoms with van der Waals surface area (Å²) < 4.78 is 27.2. The molecule has 1 unspecified atom stereocenters. The zero-order valence-corrected chi connectivity index (χ0v) is 14.0. The van der Waals surface area contributed by atoms with Crippen LogP contribution in [0.5, 0.6) is 0 Å². The highest BCUT2D eigenvalue weighted by Gasteiger charge is 2.31. The van der Waals surface area contributed by atoms with Gasteiger partial charge >= 0.3 is 0 Å². The number of aromatic nitrogens is 2. The van der Waals surface area contributed by atoms with Gasteiger partial charge in [0.2, 0.25) is 5.91 Å². The molecular formula is C20H17F2N3O. The van der Waals surface area contributed by atoms with Gasteiger partial charge in [0.1, 0.15) is 11.6 Å². The maximum absolute atomic E-state index is 13.9. The van der Waals surface area contributed by atoms with Gasteiger partial charge in [-0.15, -0.1) is 0 Å². The van der Waals surface area contributed by atoms with Crippen molar-refractivity contribution in [2.45, 2.75) is 18.9 Å². The van der Waals surface area contributed by atoms with Crippen LogP contribution in [0.1, 0.15) is 28.4 Å². The topological polar surface area (TPSA) is 49.0 Å². The van der Waals surface area contributed by atoms with Crippen molar-refractivity contribution in [1.29, 1.82) is 0 Å². The number of hydrogen-bond donors (Lipinski definition) is 1. The number of hydrogen-bond acceptors (Lipinski definition) is 2. The lowest BCUT2D eigenvalue weighted by Gasteiger charge is -2.32. The summed E-state index contributed by atoms with van der Waals surface area (Å²) >= 11 is 0. The first-order valence-electron chi connectivity index (χ1n) is 8.40. The largest absolute Gasteiger partial charge is 0.347 e. The van der Waals surface area contributed by atoms with Crippen LogP contribution in [0.25, 0.3) is 0 Å². The number of H-pyrrole nitrogens is 1. The third kappa shape index (κ3) is 3.10. The van der Waals surface area contributed by atoms with Gasteiger partial charge in [0.25, 0.3) is 0 Å². The second kappa shape index (κ2) is 6.71. The zero-order valence-electron chi connectivity index (χ0n) is 14.0. The van der Waals surface area contributed by atoms with Crippen molar-refractivity contribution in [3.05, 3.63) is 89.0 Å². The molecule has 1 atom stereocenters. The van der Waals surface area contributed by atoms with E-state index in [0.717, 1.165) is 35.2 Å². The standard InChI is InChI=1S/C20H17F2N3O/c21-15-6-7-17(22)14(8-15)9-19(26)25-10-16(13-4-2-1-3-5-13)20-18(11-25)23-12-24-20/h1-8,12,16H,9-11H2,(H,23,24). The van der Waals surface area contributed by atoms with Gasteiger partial charge < -0.3 is 9.88 Å². The fourth-order valence-corrected chi connectivity index (χ4v) is 3.41. The Balaban J connectivity index is 1.60. The minimum atomic E-state index is -0.571. The molecule has 2 heterocycles. The number of amides is 1. The van der Waals surface area contributed by atoms with Crippen molar-refractivity contribution in [2.75, 3.05) is 6.54 Å². The molecular weight excluding hydrogens is 336 g/mol. The number of carbonyl (C=O) groups is 1. The Bertz CT molecular complexity index is 939. The minimum absolute atomic E-state index is 0.0486. The molecule has 0 fully saturated rings. The molecule has 4 nitrogen and oxygen atoms in total. The van der Waals surface area contributed by atoms with Gasteiger partial charge in [-0.05, 0) is 23.8 Å². The summed E-state index contributed by atoms with van der Waals surface area (Å²) in [6, 6.07) is 13.0. The molecule has 6 heteroatoms. The second-order valence-corrected chi connectivity index (χ2v) is 6.42. The predicted octanol–water partition coefficient (Wildman–Crippen LogP) is 3.40. The number of benzene rings is 2. The lowest BCUT2D eigenvalue weighted by atomic mass is 9.90. The number of nitrogens with zero attached hydrogens (tertiary/aromatic N) is 2. The number of carbonyl (C=O) groups excluding carboxylic acids is 1. The van der Waals surface area contributed by atoms with Gasteiger partial charge in [-0.2, -0.15) is 0 Å². The summed E-state index contributed by atoms with van der Waals surface area (Å²) in [5, 5.41) is 0. The maximum Gasteiger partial charge on any atom is 0.227 e. The fourth-order valence-electron chi connectivity index (χ4n) is 3.41. The molecule has 1 aliphatic rings. The van der Waals surface area contributed by atoms with Gasteiger partial charge in [0, 0.05) is 18.0 Å². The first-order valence-corrected chi connectivity index (χ1v) is 8.40. The summed E-state index contributed by atoms with van der Waals surface area (Å²) in [4.78, 5) is 21.9. The van der Waals surface area contributed by atoms with Crippen molar-refractivity contribution in [3.63, 3.8) is 0 Å². The highest BCUT2D eigenvalue weighted by atomic mass is 19.1. The van der Waals surface area contributed by atoms with Gasteiger partial charge in [0.15, 0.2) is 0 Å². The first-order chi connectivity index (χ1) is 12.6. The number of rotatable bonds is 3. The van der Waals surface area contributed by atoms with Gasteiger partial charge in [-0.3, -0.25) is 4.79 Å². The van der Waals surface area contributed by atoms with Crippen LogP contribution >= 0.6 is 0 Å². The number of nitrogens with one attached hydrogen (secondary N) is 1. The molecule has 1 aromatic heterocycles. The van der Waals surface area contributed by atoms with E-state index >= 15 is 0 Å². The van der Waals surface area contributed by atoms with Crippen LogP contribution in [0.2, 0.25) is 0 Å². The Morgan fingerprint density at radius 1 is 1.19 bits per heavy atom. The van der Waals surface area contributed by atoms with E-state index in [1.807, 2.05) is 30.3 Å². The molecule has 0 radical (unpaired) electrons. The van der Waals surface area contributed by atoms with Crippen LogP contribution in [0.4, 0.5) is 8.78 Å². The van der Waals surface area contributed by atoms with Gasteiger partial charge in [-0.25, -0.2) is 13.8 Å². The van der Waals surface area contributed by atoms with Crippen LogP contribution in [0.15, 0.2) is 54.9 Å². The van der Waals surface area contributed by atoms with Crippen LogP contribution < -0.4 is 0 Å². The van der Waals surface area contributed by atoms with Gasteiger partial charge in [0.05, 0.1) is 30.7 Å². The van der Waals surface area contributed by atoms with Crippen LogP contribution in [0, 0.1) is 11.6 Å². The molecule has 1 N–H and O–H groups in total. The summed E-state index contributed by atoms with van der Waals surface area (Å²) in [6.45, 7) is 0.839. The second-order valence-electron chi connectivity index (χ2n) is 6.42. The number of aromatic amines is 1. The maximum atomic E-state index is 13.9. The average Bonchev–Trinajstić information content (AvgIpc) is 3.13. The Hall–Kier alpha value is -3.02. The average molecular weight is 353 g/mol. The number of fused-ring (bicyclic) bond motifs is 1. The first kappa shape index (κ1) is 16.4. The molecule has 2 aromatic carbocycles. The molecule has 0 bridgehead atoms. The highest BCUT2D eigenvalue weighted by Crippen LogP contribution is 2.31. The summed E-state index contributed by atoms with van der Waals surface area (Å²) in [5.41, 5.74) is 2.94. The Morgan fingerprint density at radius 3 is 2.81 bits per heavy atom. The van der Waals surface area contributed by atoms with Crippen LogP contribution in [-0.2, 0) is 17.8 Å². The molecule has 132 valence electrons. The van der Waals surface area contributed by atoms with E-state index in [4.69, 9.17) is 0 Å². The summed E-state index contributed by atoms with van der Waals surface area (Å²) in [5.74, 6) is -1.41. The van der Waals surface area contributed by atoms with Crippen molar-refractivity contribution in [2.24, 2.45) is 0 Å². The Kier molecular flexibility index (Phi) is 4.24. The predicted molar refractivity (Wildman–Crippen MR) is 92.4 cm³/mol. The lowest BCUT2D eigenvalue weighted by molar-refractivity contribution is -0.131. The third-order valence-corrected chi connectivity index (χ3v) is 4.74. The van der Waals surface area contributed by atoms with Crippen LogP contribution in [0.3, 0.4) is 0 Å². The molecule has 0 saturated carbocycles. The van der Waals surface area contributed by atoms with Crippen molar-refractivity contribution < 1.29 is 13.6 Å². The Morgan fingerprint density at radius 2 is 2.00 bits per heavy atom. The van der Waals surface area contributed by atoms with E-state index in [-0.39, 0.29) is 23.8 Å².